The number of benzene rings is 2. The van der Waals surface area contributed by atoms with Crippen molar-refractivity contribution in [1.29, 1.82) is 0 Å². The maximum atomic E-state index is 12.5. The number of hydrazone groups is 1. The van der Waals surface area contributed by atoms with Gasteiger partial charge in [-0.25, -0.2) is 0 Å². The highest BCUT2D eigenvalue weighted by Crippen LogP contribution is 2.26. The van der Waals surface area contributed by atoms with Crippen LogP contribution in [0, 0.1) is 5.92 Å². The standard InChI is InChI=1S/C17H12Cl2N4O3/c18-9-6-7-12(11(19)8-9)21-16(25)14(24)13-15(20)22-23(17(13)26)10-4-2-1-3-5-10/h1-8,13H,(H2,20,22)(H,21,25). The van der Waals surface area contributed by atoms with Gasteiger partial charge in [0.25, 0.3) is 11.8 Å². The molecule has 0 saturated carbocycles. The number of carbonyl (C=O) groups excluding carboxylic acids is 3. The van der Waals surface area contributed by atoms with E-state index >= 15 is 0 Å². The van der Waals surface area contributed by atoms with Crippen LogP contribution < -0.4 is 16.1 Å². The second kappa shape index (κ2) is 7.15. The molecule has 3 rings (SSSR count). The molecule has 1 unspecified atom stereocenters. The van der Waals surface area contributed by atoms with Crippen LogP contribution in [0.1, 0.15) is 0 Å². The quantitative estimate of drug-likeness (QED) is 0.617. The van der Waals surface area contributed by atoms with Gasteiger partial charge in [-0.1, -0.05) is 41.4 Å². The number of ketones is 1. The van der Waals surface area contributed by atoms with E-state index < -0.39 is 23.5 Å². The third kappa shape index (κ3) is 3.40. The van der Waals surface area contributed by atoms with Crippen molar-refractivity contribution in [2.24, 2.45) is 16.8 Å². The second-order valence-electron chi connectivity index (χ2n) is 5.39. The van der Waals surface area contributed by atoms with Gasteiger partial charge in [-0.2, -0.15) is 10.1 Å². The molecule has 0 spiro atoms. The van der Waals surface area contributed by atoms with Gasteiger partial charge in [0.15, 0.2) is 5.92 Å². The summed E-state index contributed by atoms with van der Waals surface area (Å²) in [6.45, 7) is 0. The van der Waals surface area contributed by atoms with E-state index in [2.05, 4.69) is 10.4 Å². The van der Waals surface area contributed by atoms with Gasteiger partial charge in [-0.3, -0.25) is 14.4 Å². The number of nitrogens with one attached hydrogen (secondary N) is 1. The molecule has 2 amide bonds. The zero-order valence-electron chi connectivity index (χ0n) is 13.1. The average Bonchev–Trinajstić information content (AvgIpc) is 2.92. The second-order valence-corrected chi connectivity index (χ2v) is 6.23. The van der Waals surface area contributed by atoms with E-state index in [0.717, 1.165) is 5.01 Å². The number of amides is 2. The van der Waals surface area contributed by atoms with Crippen molar-refractivity contribution in [3.63, 3.8) is 0 Å². The molecule has 0 aromatic heterocycles. The number of para-hydroxylation sites is 1. The average molecular weight is 391 g/mol. The lowest BCUT2D eigenvalue weighted by Gasteiger charge is -2.13. The molecular weight excluding hydrogens is 379 g/mol. The number of halogens is 2. The summed E-state index contributed by atoms with van der Waals surface area (Å²) >= 11 is 11.8. The number of nitrogens with zero attached hydrogens (tertiary/aromatic N) is 2. The Hall–Kier alpha value is -2.90. The third-order valence-electron chi connectivity index (χ3n) is 3.63. The summed E-state index contributed by atoms with van der Waals surface area (Å²) < 4.78 is 0. The smallest absolute Gasteiger partial charge is 0.293 e. The molecule has 0 fully saturated rings. The molecule has 1 aliphatic heterocycles. The van der Waals surface area contributed by atoms with Crippen molar-refractivity contribution in [3.8, 4) is 0 Å². The fourth-order valence-corrected chi connectivity index (χ4v) is 2.83. The highest BCUT2D eigenvalue weighted by molar-refractivity contribution is 6.50. The Morgan fingerprint density at radius 1 is 1.12 bits per heavy atom. The zero-order chi connectivity index (χ0) is 18.8. The third-order valence-corrected chi connectivity index (χ3v) is 4.18. The maximum Gasteiger partial charge on any atom is 0.293 e. The summed E-state index contributed by atoms with van der Waals surface area (Å²) in [5, 5.41) is 7.78. The fourth-order valence-electron chi connectivity index (χ4n) is 2.38. The van der Waals surface area contributed by atoms with Gasteiger partial charge in [0.1, 0.15) is 5.84 Å². The van der Waals surface area contributed by atoms with Gasteiger partial charge >= 0.3 is 0 Å². The van der Waals surface area contributed by atoms with Gasteiger partial charge in [0, 0.05) is 5.02 Å². The molecule has 0 saturated heterocycles. The van der Waals surface area contributed by atoms with Crippen LogP contribution in [0.25, 0.3) is 0 Å². The summed E-state index contributed by atoms with van der Waals surface area (Å²) in [5.74, 6) is -4.49. The Kier molecular flexibility index (Phi) is 4.92. The molecule has 132 valence electrons. The number of rotatable bonds is 4. The highest BCUT2D eigenvalue weighted by Gasteiger charge is 2.43. The maximum absolute atomic E-state index is 12.5. The Labute approximate surface area is 158 Å². The summed E-state index contributed by atoms with van der Waals surface area (Å²) in [4.78, 5) is 37.2. The first-order valence-electron chi connectivity index (χ1n) is 7.41. The summed E-state index contributed by atoms with van der Waals surface area (Å²) in [6.07, 6.45) is 0. The van der Waals surface area contributed by atoms with Crippen molar-refractivity contribution < 1.29 is 14.4 Å². The molecule has 1 atom stereocenters. The predicted octanol–water partition coefficient (Wildman–Crippen LogP) is 2.44. The minimum absolute atomic E-state index is 0.156. The molecule has 9 heteroatoms. The molecule has 7 nitrogen and oxygen atoms in total. The van der Waals surface area contributed by atoms with Crippen LogP contribution >= 0.6 is 23.2 Å². The molecule has 3 N–H and O–H groups in total. The summed E-state index contributed by atoms with van der Waals surface area (Å²) in [6, 6.07) is 12.8. The van der Waals surface area contributed by atoms with Crippen LogP contribution in [0.4, 0.5) is 11.4 Å². The predicted molar refractivity (Wildman–Crippen MR) is 99.1 cm³/mol. The topological polar surface area (TPSA) is 105 Å². The van der Waals surface area contributed by atoms with E-state index in [1.54, 1.807) is 30.3 Å². The number of hydrogen-bond donors (Lipinski definition) is 2. The van der Waals surface area contributed by atoms with E-state index in [9.17, 15) is 14.4 Å². The molecule has 2 aromatic carbocycles. The highest BCUT2D eigenvalue weighted by atomic mass is 35.5. The van der Waals surface area contributed by atoms with Crippen molar-refractivity contribution >= 4 is 58.0 Å². The van der Waals surface area contributed by atoms with Gasteiger partial charge in [0.05, 0.1) is 16.4 Å². The van der Waals surface area contributed by atoms with E-state index in [1.165, 1.54) is 18.2 Å². The minimum Gasteiger partial charge on any atom is -0.385 e. The SMILES string of the molecule is NC1=NN(c2ccccc2)C(=O)C1C(=O)C(=O)Nc1ccc(Cl)cc1Cl. The van der Waals surface area contributed by atoms with Crippen molar-refractivity contribution in [2.75, 3.05) is 10.3 Å². The summed E-state index contributed by atoms with van der Waals surface area (Å²) in [5.41, 5.74) is 6.35. The number of amidine groups is 1. The lowest BCUT2D eigenvalue weighted by Crippen LogP contribution is -2.41. The largest absolute Gasteiger partial charge is 0.385 e. The number of hydrogen-bond acceptors (Lipinski definition) is 5. The fraction of sp³-hybridized carbons (Fsp3) is 0.0588. The van der Waals surface area contributed by atoms with Crippen molar-refractivity contribution in [2.45, 2.75) is 0 Å². The molecule has 2 aromatic rings. The first kappa shape index (κ1) is 17.9. The van der Waals surface area contributed by atoms with E-state index in [1.807, 2.05) is 0 Å². The van der Waals surface area contributed by atoms with E-state index in [0.29, 0.717) is 10.7 Å². The molecule has 0 aliphatic carbocycles. The lowest BCUT2D eigenvalue weighted by atomic mass is 10.0. The number of Topliss-reactive ketones (excluding diaryl/α,β-unsaturated/α-hetero) is 1. The van der Waals surface area contributed by atoms with Crippen LogP contribution in [-0.4, -0.2) is 23.4 Å². The Bertz CT molecular complexity index is 931. The first-order chi connectivity index (χ1) is 12.4. The van der Waals surface area contributed by atoms with Crippen LogP contribution in [0.3, 0.4) is 0 Å². The molecule has 1 aliphatic rings. The van der Waals surface area contributed by atoms with E-state index in [-0.39, 0.29) is 16.5 Å². The number of carbonyl (C=O) groups is 3. The van der Waals surface area contributed by atoms with Gasteiger partial charge in [-0.05, 0) is 30.3 Å². The van der Waals surface area contributed by atoms with Gasteiger partial charge in [-0.15, -0.1) is 0 Å². The molecule has 26 heavy (non-hydrogen) atoms. The first-order valence-corrected chi connectivity index (χ1v) is 8.17. The Morgan fingerprint density at radius 2 is 1.81 bits per heavy atom. The molecule has 1 heterocycles. The van der Waals surface area contributed by atoms with Crippen molar-refractivity contribution in [3.05, 3.63) is 58.6 Å². The van der Waals surface area contributed by atoms with Crippen molar-refractivity contribution in [1.82, 2.24) is 0 Å². The molecule has 0 bridgehead atoms. The number of nitrogens with two attached hydrogens (primary N) is 1. The van der Waals surface area contributed by atoms with Crippen LogP contribution in [-0.2, 0) is 14.4 Å². The molecular formula is C17H12Cl2N4O3. The normalized spacial score (nSPS) is 16.4. The Morgan fingerprint density at radius 3 is 2.46 bits per heavy atom. The van der Waals surface area contributed by atoms with Crippen LogP contribution in [0.5, 0.6) is 0 Å². The zero-order valence-corrected chi connectivity index (χ0v) is 14.7. The summed E-state index contributed by atoms with van der Waals surface area (Å²) in [7, 11) is 0. The van der Waals surface area contributed by atoms with Crippen LogP contribution in [0.15, 0.2) is 53.6 Å². The van der Waals surface area contributed by atoms with Gasteiger partial charge < -0.3 is 11.1 Å². The van der Waals surface area contributed by atoms with Crippen LogP contribution in [0.2, 0.25) is 10.0 Å². The lowest BCUT2D eigenvalue weighted by molar-refractivity contribution is -0.138. The number of anilines is 2. The monoisotopic (exact) mass is 390 g/mol. The Balaban J connectivity index is 1.78. The van der Waals surface area contributed by atoms with Gasteiger partial charge in [0.2, 0.25) is 5.78 Å². The molecule has 0 radical (unpaired) electrons. The minimum atomic E-state index is -1.48. The van der Waals surface area contributed by atoms with E-state index in [4.69, 9.17) is 28.9 Å².